The van der Waals surface area contributed by atoms with Gasteiger partial charge in [-0.25, -0.2) is 0 Å². The summed E-state index contributed by atoms with van der Waals surface area (Å²) in [5, 5.41) is 5.64. The second-order valence-electron chi connectivity index (χ2n) is 7.25. The van der Waals surface area contributed by atoms with E-state index in [1.54, 1.807) is 36.4 Å². The highest BCUT2D eigenvalue weighted by atomic mass is 16.3. The van der Waals surface area contributed by atoms with Crippen molar-refractivity contribution >= 4 is 29.1 Å². The van der Waals surface area contributed by atoms with Crippen LogP contribution in [-0.2, 0) is 9.59 Å². The summed E-state index contributed by atoms with van der Waals surface area (Å²) in [5.41, 5.74) is 1.28. The molecular weight excluding hydrogens is 358 g/mol. The molecule has 3 amide bonds. The monoisotopic (exact) mass is 383 g/mol. The smallest absolute Gasteiger partial charge is 0.291 e. The third-order valence-electron chi connectivity index (χ3n) is 4.83. The number of amides is 3. The fourth-order valence-electron chi connectivity index (χ4n) is 3.21. The summed E-state index contributed by atoms with van der Waals surface area (Å²) in [4.78, 5) is 38.3. The number of rotatable bonds is 5. The van der Waals surface area contributed by atoms with Crippen LogP contribution in [0.25, 0.3) is 0 Å². The Kier molecular flexibility index (Phi) is 6.13. The van der Waals surface area contributed by atoms with Crippen LogP contribution in [-0.4, -0.2) is 35.7 Å². The normalized spacial score (nSPS) is 14.8. The summed E-state index contributed by atoms with van der Waals surface area (Å²) >= 11 is 0. The lowest BCUT2D eigenvalue weighted by Crippen LogP contribution is -2.43. The zero-order valence-electron chi connectivity index (χ0n) is 16.1. The molecule has 1 aliphatic rings. The van der Waals surface area contributed by atoms with Crippen molar-refractivity contribution in [2.45, 2.75) is 26.7 Å². The molecule has 0 unspecified atom stereocenters. The molecule has 1 saturated heterocycles. The van der Waals surface area contributed by atoms with Crippen molar-refractivity contribution in [2.24, 2.45) is 11.8 Å². The largest absolute Gasteiger partial charge is 0.459 e. The van der Waals surface area contributed by atoms with E-state index in [9.17, 15) is 14.4 Å². The number of benzene rings is 1. The van der Waals surface area contributed by atoms with E-state index in [0.717, 1.165) is 0 Å². The second kappa shape index (κ2) is 8.73. The average Bonchev–Trinajstić information content (AvgIpc) is 3.24. The van der Waals surface area contributed by atoms with Gasteiger partial charge in [-0.1, -0.05) is 13.8 Å². The minimum absolute atomic E-state index is 0.0165. The van der Waals surface area contributed by atoms with Crippen molar-refractivity contribution < 1.29 is 18.8 Å². The summed E-state index contributed by atoms with van der Waals surface area (Å²) in [5.74, 6) is -0.106. The molecule has 7 heteroatoms. The second-order valence-corrected chi connectivity index (χ2v) is 7.25. The van der Waals surface area contributed by atoms with Crippen LogP contribution in [0.3, 0.4) is 0 Å². The van der Waals surface area contributed by atoms with E-state index in [1.807, 2.05) is 18.7 Å². The molecule has 0 saturated carbocycles. The average molecular weight is 383 g/mol. The molecule has 7 nitrogen and oxygen atoms in total. The third kappa shape index (κ3) is 4.79. The van der Waals surface area contributed by atoms with Gasteiger partial charge in [-0.3, -0.25) is 14.4 Å². The maximum atomic E-state index is 12.5. The van der Waals surface area contributed by atoms with Crippen LogP contribution in [0.2, 0.25) is 0 Å². The Morgan fingerprint density at radius 1 is 1.00 bits per heavy atom. The molecule has 1 aromatic carbocycles. The molecule has 3 rings (SSSR count). The number of piperidine rings is 1. The minimum atomic E-state index is -0.329. The van der Waals surface area contributed by atoms with Crippen molar-refractivity contribution in [3.05, 3.63) is 48.4 Å². The highest BCUT2D eigenvalue weighted by Gasteiger charge is 2.28. The summed E-state index contributed by atoms with van der Waals surface area (Å²) in [6.45, 7) is 5.02. The molecule has 0 bridgehead atoms. The lowest BCUT2D eigenvalue weighted by molar-refractivity contribution is -0.137. The predicted octanol–water partition coefficient (Wildman–Crippen LogP) is 3.37. The van der Waals surface area contributed by atoms with Crippen molar-refractivity contribution in [1.82, 2.24) is 4.90 Å². The number of carbonyl (C=O) groups is 3. The maximum absolute atomic E-state index is 12.5. The molecule has 28 heavy (non-hydrogen) atoms. The molecule has 1 aromatic heterocycles. The summed E-state index contributed by atoms with van der Waals surface area (Å²) in [6.07, 6.45) is 2.78. The van der Waals surface area contributed by atoms with Gasteiger partial charge in [-0.2, -0.15) is 0 Å². The molecule has 2 N–H and O–H groups in total. The SMILES string of the molecule is CC(C)C(=O)N1CCC(C(=O)Nc2ccc(NC(=O)c3ccco3)cc2)CC1. The number of nitrogens with zero attached hydrogens (tertiary/aromatic N) is 1. The lowest BCUT2D eigenvalue weighted by Gasteiger charge is -2.32. The van der Waals surface area contributed by atoms with E-state index >= 15 is 0 Å². The molecule has 1 fully saturated rings. The summed E-state index contributed by atoms with van der Waals surface area (Å²) in [7, 11) is 0. The molecule has 0 aliphatic carbocycles. The van der Waals surface area contributed by atoms with Crippen LogP contribution < -0.4 is 10.6 Å². The highest BCUT2D eigenvalue weighted by Crippen LogP contribution is 2.22. The van der Waals surface area contributed by atoms with Gasteiger partial charge < -0.3 is 20.0 Å². The Bertz CT molecular complexity index is 820. The number of hydrogen-bond acceptors (Lipinski definition) is 4. The van der Waals surface area contributed by atoms with Crippen molar-refractivity contribution in [3.63, 3.8) is 0 Å². The van der Waals surface area contributed by atoms with Crippen molar-refractivity contribution in [3.8, 4) is 0 Å². The summed E-state index contributed by atoms with van der Waals surface area (Å²) < 4.78 is 5.05. The standard InChI is InChI=1S/C21H25N3O4/c1-14(2)21(27)24-11-9-15(10-12-24)19(25)22-16-5-7-17(8-6-16)23-20(26)18-4-3-13-28-18/h3-8,13-15H,9-12H2,1-2H3,(H,22,25)(H,23,26). The van der Waals surface area contributed by atoms with E-state index < -0.39 is 0 Å². The van der Waals surface area contributed by atoms with Crippen LogP contribution in [0, 0.1) is 11.8 Å². The molecule has 2 aromatic rings. The van der Waals surface area contributed by atoms with Gasteiger partial charge in [0.15, 0.2) is 5.76 Å². The predicted molar refractivity (Wildman–Crippen MR) is 106 cm³/mol. The van der Waals surface area contributed by atoms with Gasteiger partial charge in [-0.05, 0) is 49.2 Å². The van der Waals surface area contributed by atoms with Crippen molar-refractivity contribution in [1.29, 1.82) is 0 Å². The first-order chi connectivity index (χ1) is 13.4. The molecule has 0 radical (unpaired) electrons. The maximum Gasteiger partial charge on any atom is 0.291 e. The molecule has 2 heterocycles. The van der Waals surface area contributed by atoms with Crippen LogP contribution in [0.15, 0.2) is 47.1 Å². The van der Waals surface area contributed by atoms with Crippen LogP contribution in [0.4, 0.5) is 11.4 Å². The van der Waals surface area contributed by atoms with E-state index in [-0.39, 0.29) is 35.3 Å². The first kappa shape index (κ1) is 19.7. The van der Waals surface area contributed by atoms with Gasteiger partial charge in [0.25, 0.3) is 5.91 Å². The van der Waals surface area contributed by atoms with Gasteiger partial charge in [0.2, 0.25) is 11.8 Å². The Labute approximate surface area is 164 Å². The summed E-state index contributed by atoms with van der Waals surface area (Å²) in [6, 6.07) is 10.2. The first-order valence-corrected chi connectivity index (χ1v) is 9.48. The van der Waals surface area contributed by atoms with Crippen LogP contribution >= 0.6 is 0 Å². The topological polar surface area (TPSA) is 91.7 Å². The number of nitrogens with one attached hydrogen (secondary N) is 2. The lowest BCUT2D eigenvalue weighted by atomic mass is 9.95. The third-order valence-corrected chi connectivity index (χ3v) is 4.83. The van der Waals surface area contributed by atoms with E-state index in [0.29, 0.717) is 37.3 Å². The number of furan rings is 1. The van der Waals surface area contributed by atoms with Gasteiger partial charge in [0, 0.05) is 36.3 Å². The minimum Gasteiger partial charge on any atom is -0.459 e. The Balaban J connectivity index is 1.49. The first-order valence-electron chi connectivity index (χ1n) is 9.48. The van der Waals surface area contributed by atoms with E-state index in [2.05, 4.69) is 10.6 Å². The zero-order chi connectivity index (χ0) is 20.1. The van der Waals surface area contributed by atoms with E-state index in [1.165, 1.54) is 6.26 Å². The molecule has 0 atom stereocenters. The highest BCUT2D eigenvalue weighted by molar-refractivity contribution is 6.02. The van der Waals surface area contributed by atoms with Gasteiger partial charge >= 0.3 is 0 Å². The van der Waals surface area contributed by atoms with Crippen molar-refractivity contribution in [2.75, 3.05) is 23.7 Å². The Morgan fingerprint density at radius 3 is 2.14 bits per heavy atom. The molecule has 148 valence electrons. The fourth-order valence-corrected chi connectivity index (χ4v) is 3.21. The number of anilines is 2. The van der Waals surface area contributed by atoms with Crippen LogP contribution in [0.1, 0.15) is 37.2 Å². The zero-order valence-corrected chi connectivity index (χ0v) is 16.1. The van der Waals surface area contributed by atoms with Gasteiger partial charge in [0.05, 0.1) is 6.26 Å². The van der Waals surface area contributed by atoms with E-state index in [4.69, 9.17) is 4.42 Å². The number of hydrogen-bond donors (Lipinski definition) is 2. The number of carbonyl (C=O) groups excluding carboxylic acids is 3. The molecule has 0 spiro atoms. The molecule has 1 aliphatic heterocycles. The van der Waals surface area contributed by atoms with Crippen LogP contribution in [0.5, 0.6) is 0 Å². The van der Waals surface area contributed by atoms with Gasteiger partial charge in [-0.15, -0.1) is 0 Å². The molecular formula is C21H25N3O4. The Hall–Kier alpha value is -3.09. The Morgan fingerprint density at radius 2 is 1.61 bits per heavy atom. The quantitative estimate of drug-likeness (QED) is 0.828. The fraction of sp³-hybridized carbons (Fsp3) is 0.381. The van der Waals surface area contributed by atoms with Gasteiger partial charge in [0.1, 0.15) is 0 Å². The number of likely N-dealkylation sites (tertiary alicyclic amines) is 1.